The molecule has 0 aliphatic rings. The van der Waals surface area contributed by atoms with E-state index in [0.29, 0.717) is 10.6 Å². The molecule has 0 fully saturated rings. The minimum Gasteiger partial charge on any atom is -0.459 e. The lowest BCUT2D eigenvalue weighted by atomic mass is 10.2. The van der Waals surface area contributed by atoms with Gasteiger partial charge in [0.1, 0.15) is 9.71 Å². The first kappa shape index (κ1) is 11.9. The van der Waals surface area contributed by atoms with Crippen molar-refractivity contribution >= 4 is 33.2 Å². The molecule has 0 radical (unpaired) electrons. The summed E-state index contributed by atoms with van der Waals surface area (Å²) >= 11 is 1.28. The summed E-state index contributed by atoms with van der Waals surface area (Å²) in [5.74, 6) is -0.377. The Labute approximate surface area is 103 Å². The Hall–Kier alpha value is -1.62. The molecule has 2 N–H and O–H groups in total. The number of fused-ring (bicyclic) bond motifs is 1. The Kier molecular flexibility index (Phi) is 3.02. The van der Waals surface area contributed by atoms with Crippen LogP contribution in [0.25, 0.3) is 10.2 Å². The monoisotopic (exact) mass is 250 g/mol. The fraction of sp³-hybridized carbons (Fsp3) is 0.333. The number of pyridine rings is 1. The van der Waals surface area contributed by atoms with Crippen LogP contribution in [-0.2, 0) is 4.74 Å². The lowest BCUT2D eigenvalue weighted by molar-refractivity contribution is 0.0385. The number of hydrogen-bond donors (Lipinski definition) is 1. The minimum absolute atomic E-state index is 0.151. The van der Waals surface area contributed by atoms with Crippen molar-refractivity contribution in [3.63, 3.8) is 0 Å². The number of carbonyl (C=O) groups is 1. The van der Waals surface area contributed by atoms with Gasteiger partial charge >= 0.3 is 5.97 Å². The summed E-state index contributed by atoms with van der Waals surface area (Å²) < 4.78 is 5.14. The van der Waals surface area contributed by atoms with Gasteiger partial charge in [-0.3, -0.25) is 0 Å². The summed E-state index contributed by atoms with van der Waals surface area (Å²) in [5, 5.41) is 0.816. The van der Waals surface area contributed by atoms with Gasteiger partial charge in [0.25, 0.3) is 0 Å². The lowest BCUT2D eigenvalue weighted by Crippen LogP contribution is -2.11. The average Bonchev–Trinajstić information content (AvgIpc) is 2.54. The molecule has 2 rings (SSSR count). The second kappa shape index (κ2) is 4.33. The largest absolute Gasteiger partial charge is 0.459 e. The van der Waals surface area contributed by atoms with Crippen LogP contribution in [0, 0.1) is 6.92 Å². The highest BCUT2D eigenvalue weighted by molar-refractivity contribution is 7.21. The number of aryl methyl sites for hydroxylation is 1. The summed E-state index contributed by atoms with van der Waals surface area (Å²) in [7, 11) is 0. The van der Waals surface area contributed by atoms with Crippen molar-refractivity contribution in [3.05, 3.63) is 22.7 Å². The molecule has 0 unspecified atom stereocenters. The van der Waals surface area contributed by atoms with Gasteiger partial charge in [-0.25, -0.2) is 9.78 Å². The number of nitrogens with zero attached hydrogens (tertiary/aromatic N) is 1. The predicted octanol–water partition coefficient (Wildman–Crippen LogP) is 2.75. The van der Waals surface area contributed by atoms with Crippen molar-refractivity contribution < 1.29 is 9.53 Å². The summed E-state index contributed by atoms with van der Waals surface area (Å²) in [4.78, 5) is 17.4. The standard InChI is InChI=1S/C12H14N2O2S/c1-6(2)16-12(15)10-9(13)8-5-4-7(3)14-11(8)17-10/h4-6H,13H2,1-3H3. The van der Waals surface area contributed by atoms with Gasteiger partial charge in [-0.15, -0.1) is 11.3 Å². The third-order valence-corrected chi connectivity index (χ3v) is 3.36. The molecule has 5 heteroatoms. The van der Waals surface area contributed by atoms with E-state index in [4.69, 9.17) is 10.5 Å². The number of esters is 1. The van der Waals surface area contributed by atoms with Crippen LogP contribution in [0.15, 0.2) is 12.1 Å². The van der Waals surface area contributed by atoms with Crippen molar-refractivity contribution in [2.24, 2.45) is 0 Å². The van der Waals surface area contributed by atoms with E-state index >= 15 is 0 Å². The van der Waals surface area contributed by atoms with Gasteiger partial charge in [0, 0.05) is 11.1 Å². The van der Waals surface area contributed by atoms with Gasteiger partial charge in [-0.2, -0.15) is 0 Å². The maximum Gasteiger partial charge on any atom is 0.350 e. The van der Waals surface area contributed by atoms with E-state index in [2.05, 4.69) is 4.98 Å². The molecule has 2 aromatic heterocycles. The van der Waals surface area contributed by atoms with Crippen LogP contribution in [0.3, 0.4) is 0 Å². The zero-order chi connectivity index (χ0) is 12.6. The van der Waals surface area contributed by atoms with Gasteiger partial charge in [0.05, 0.1) is 11.8 Å². The van der Waals surface area contributed by atoms with Crippen LogP contribution in [0.2, 0.25) is 0 Å². The first-order chi connectivity index (χ1) is 7.99. The molecule has 0 aromatic carbocycles. The van der Waals surface area contributed by atoms with Gasteiger partial charge in [0.2, 0.25) is 0 Å². The lowest BCUT2D eigenvalue weighted by Gasteiger charge is -2.06. The fourth-order valence-corrected chi connectivity index (χ4v) is 2.53. The molecule has 0 aliphatic carbocycles. The maximum absolute atomic E-state index is 11.8. The van der Waals surface area contributed by atoms with E-state index in [-0.39, 0.29) is 12.1 Å². The van der Waals surface area contributed by atoms with Crippen LogP contribution in [0.1, 0.15) is 29.2 Å². The van der Waals surface area contributed by atoms with Gasteiger partial charge in [-0.1, -0.05) is 0 Å². The summed E-state index contributed by atoms with van der Waals surface area (Å²) in [5.41, 5.74) is 7.30. The Balaban J connectivity index is 2.48. The highest BCUT2D eigenvalue weighted by Crippen LogP contribution is 2.33. The molecule has 0 bridgehead atoms. The number of rotatable bonds is 2. The molecule has 4 nitrogen and oxygen atoms in total. The number of anilines is 1. The molecule has 0 spiro atoms. The molecule has 0 atom stereocenters. The number of hydrogen-bond acceptors (Lipinski definition) is 5. The number of aromatic nitrogens is 1. The highest BCUT2D eigenvalue weighted by atomic mass is 32.1. The number of thiophene rings is 1. The number of ether oxygens (including phenoxy) is 1. The van der Waals surface area contributed by atoms with Crippen LogP contribution in [0.5, 0.6) is 0 Å². The zero-order valence-electron chi connectivity index (χ0n) is 9.98. The topological polar surface area (TPSA) is 65.2 Å². The smallest absolute Gasteiger partial charge is 0.350 e. The first-order valence-corrected chi connectivity index (χ1v) is 6.17. The van der Waals surface area contributed by atoms with Crippen molar-refractivity contribution in [2.75, 3.05) is 5.73 Å². The Morgan fingerprint density at radius 2 is 2.18 bits per heavy atom. The molecule has 0 saturated heterocycles. The van der Waals surface area contributed by atoms with Gasteiger partial charge < -0.3 is 10.5 Å². The third kappa shape index (κ3) is 2.24. The maximum atomic E-state index is 11.8. The zero-order valence-corrected chi connectivity index (χ0v) is 10.8. The van der Waals surface area contributed by atoms with E-state index < -0.39 is 0 Å². The highest BCUT2D eigenvalue weighted by Gasteiger charge is 2.19. The van der Waals surface area contributed by atoms with E-state index in [1.54, 1.807) is 0 Å². The van der Waals surface area contributed by atoms with Crippen LogP contribution >= 0.6 is 11.3 Å². The van der Waals surface area contributed by atoms with Crippen molar-refractivity contribution in [1.29, 1.82) is 0 Å². The Morgan fingerprint density at radius 3 is 2.82 bits per heavy atom. The second-order valence-corrected chi connectivity index (χ2v) is 5.10. The van der Waals surface area contributed by atoms with Crippen molar-refractivity contribution in [3.8, 4) is 0 Å². The summed E-state index contributed by atoms with van der Waals surface area (Å²) in [6.45, 7) is 5.52. The molecule has 17 heavy (non-hydrogen) atoms. The summed E-state index contributed by atoms with van der Waals surface area (Å²) in [6, 6.07) is 3.76. The normalized spacial score (nSPS) is 11.1. The van der Waals surface area contributed by atoms with Crippen LogP contribution in [0.4, 0.5) is 5.69 Å². The van der Waals surface area contributed by atoms with Crippen molar-refractivity contribution in [2.45, 2.75) is 26.9 Å². The quantitative estimate of drug-likeness (QED) is 0.832. The molecule has 0 amide bonds. The number of nitrogen functional groups attached to an aromatic ring is 1. The molecule has 2 heterocycles. The third-order valence-electron chi connectivity index (χ3n) is 2.26. The Morgan fingerprint density at radius 1 is 1.47 bits per heavy atom. The van der Waals surface area contributed by atoms with Gasteiger partial charge in [0.15, 0.2) is 0 Å². The SMILES string of the molecule is Cc1ccc2c(N)c(C(=O)OC(C)C)sc2n1. The molecular weight excluding hydrogens is 236 g/mol. The molecule has 0 aliphatic heterocycles. The van der Waals surface area contributed by atoms with E-state index in [1.165, 1.54) is 11.3 Å². The molecule has 0 saturated carbocycles. The van der Waals surface area contributed by atoms with Crippen LogP contribution in [-0.4, -0.2) is 17.1 Å². The van der Waals surface area contributed by atoms with Crippen molar-refractivity contribution in [1.82, 2.24) is 4.98 Å². The molecule has 2 aromatic rings. The summed E-state index contributed by atoms with van der Waals surface area (Å²) in [6.07, 6.45) is -0.151. The second-order valence-electron chi connectivity index (χ2n) is 4.10. The number of nitrogens with two attached hydrogens (primary N) is 1. The van der Waals surface area contributed by atoms with E-state index in [1.807, 2.05) is 32.9 Å². The fourth-order valence-electron chi connectivity index (χ4n) is 1.51. The van der Waals surface area contributed by atoms with E-state index in [0.717, 1.165) is 15.9 Å². The average molecular weight is 250 g/mol. The van der Waals surface area contributed by atoms with Gasteiger partial charge in [-0.05, 0) is 32.9 Å². The minimum atomic E-state index is -0.377. The molecular formula is C12H14N2O2S. The Bertz CT molecular complexity index is 575. The number of carbonyl (C=O) groups excluding carboxylic acids is 1. The van der Waals surface area contributed by atoms with Crippen LogP contribution < -0.4 is 5.73 Å². The van der Waals surface area contributed by atoms with E-state index in [9.17, 15) is 4.79 Å². The first-order valence-electron chi connectivity index (χ1n) is 5.35. The molecule has 90 valence electrons. The predicted molar refractivity (Wildman–Crippen MR) is 69.3 cm³/mol.